The summed E-state index contributed by atoms with van der Waals surface area (Å²) >= 11 is 0. The van der Waals surface area contributed by atoms with Crippen molar-refractivity contribution in [3.05, 3.63) is 53.5 Å². The number of nitrogens with one attached hydrogen (secondary N) is 2. The first-order chi connectivity index (χ1) is 11.9. The van der Waals surface area contributed by atoms with Crippen molar-refractivity contribution in [2.45, 2.75) is 47.1 Å². The Morgan fingerprint density at radius 2 is 1.64 bits per heavy atom. The average Bonchev–Trinajstić information content (AvgIpc) is 3.13. The number of carbonyl (C=O) groups is 2. The van der Waals surface area contributed by atoms with E-state index in [1.807, 2.05) is 32.0 Å². The molecule has 1 heterocycles. The Bertz CT molecular complexity index is 711. The number of aryl methyl sites for hydroxylation is 2. The Morgan fingerprint density at radius 1 is 1.00 bits per heavy atom. The van der Waals surface area contributed by atoms with Crippen LogP contribution in [0.15, 0.2) is 41.0 Å². The molecular formula is C20H26N2O3. The molecule has 0 aliphatic rings. The number of furan rings is 1. The van der Waals surface area contributed by atoms with Crippen LogP contribution in [0.25, 0.3) is 0 Å². The lowest BCUT2D eigenvalue weighted by atomic mass is 9.90. The molecule has 0 aliphatic heterocycles. The van der Waals surface area contributed by atoms with Crippen LogP contribution in [0.4, 0.5) is 5.69 Å². The standard InChI is InChI=1S/C20H26N2O3/c1-5-14-9-7-10-15(6-2)17(14)22-19(24)20(3,4)18(23)21-13-16-11-8-12-25-16/h7-12H,5-6,13H2,1-4H3,(H,21,23)(H,22,24). The minimum absolute atomic E-state index is 0.258. The molecule has 0 saturated heterocycles. The van der Waals surface area contributed by atoms with Crippen LogP contribution < -0.4 is 10.6 Å². The van der Waals surface area contributed by atoms with Gasteiger partial charge in [0.2, 0.25) is 11.8 Å². The molecule has 2 aromatic rings. The van der Waals surface area contributed by atoms with Crippen LogP contribution in [0.3, 0.4) is 0 Å². The first-order valence-electron chi connectivity index (χ1n) is 8.63. The lowest BCUT2D eigenvalue weighted by Crippen LogP contribution is -2.45. The fraction of sp³-hybridized carbons (Fsp3) is 0.400. The Balaban J connectivity index is 2.12. The monoisotopic (exact) mass is 342 g/mol. The smallest absolute Gasteiger partial charge is 0.239 e. The highest BCUT2D eigenvalue weighted by atomic mass is 16.3. The Morgan fingerprint density at radius 3 is 2.16 bits per heavy atom. The summed E-state index contributed by atoms with van der Waals surface area (Å²) in [6, 6.07) is 9.53. The van der Waals surface area contributed by atoms with Gasteiger partial charge < -0.3 is 15.1 Å². The van der Waals surface area contributed by atoms with Gasteiger partial charge in [0.05, 0.1) is 12.8 Å². The second-order valence-electron chi connectivity index (χ2n) is 6.50. The number of amides is 2. The van der Waals surface area contributed by atoms with Crippen molar-refractivity contribution in [2.24, 2.45) is 5.41 Å². The van der Waals surface area contributed by atoms with Gasteiger partial charge in [-0.05, 0) is 49.9 Å². The molecule has 2 rings (SSSR count). The van der Waals surface area contributed by atoms with E-state index < -0.39 is 5.41 Å². The summed E-state index contributed by atoms with van der Waals surface area (Å²) in [7, 11) is 0. The van der Waals surface area contributed by atoms with Crippen LogP contribution in [0.2, 0.25) is 0 Å². The fourth-order valence-corrected chi connectivity index (χ4v) is 2.58. The lowest BCUT2D eigenvalue weighted by Gasteiger charge is -2.24. The van der Waals surface area contributed by atoms with Crippen LogP contribution in [-0.4, -0.2) is 11.8 Å². The van der Waals surface area contributed by atoms with Crippen molar-refractivity contribution in [1.29, 1.82) is 0 Å². The normalized spacial score (nSPS) is 11.2. The molecule has 0 spiro atoms. The lowest BCUT2D eigenvalue weighted by molar-refractivity contribution is -0.138. The summed E-state index contributed by atoms with van der Waals surface area (Å²) < 4.78 is 5.20. The highest BCUT2D eigenvalue weighted by Gasteiger charge is 2.36. The average molecular weight is 342 g/mol. The minimum atomic E-state index is -1.20. The molecule has 2 amide bonds. The van der Waals surface area contributed by atoms with Crippen LogP contribution in [0, 0.1) is 5.41 Å². The number of hydrogen-bond donors (Lipinski definition) is 2. The van der Waals surface area contributed by atoms with Crippen molar-refractivity contribution in [1.82, 2.24) is 5.32 Å². The van der Waals surface area contributed by atoms with Crippen molar-refractivity contribution < 1.29 is 14.0 Å². The van der Waals surface area contributed by atoms with Gasteiger partial charge in [-0.15, -0.1) is 0 Å². The maximum atomic E-state index is 12.8. The summed E-state index contributed by atoms with van der Waals surface area (Å²) in [5.74, 6) is -0.0115. The molecule has 0 radical (unpaired) electrons. The van der Waals surface area contributed by atoms with Crippen LogP contribution in [0.5, 0.6) is 0 Å². The SMILES string of the molecule is CCc1cccc(CC)c1NC(=O)C(C)(C)C(=O)NCc1ccco1. The largest absolute Gasteiger partial charge is 0.467 e. The van der Waals surface area contributed by atoms with E-state index in [4.69, 9.17) is 4.42 Å². The van der Waals surface area contributed by atoms with E-state index in [1.165, 1.54) is 0 Å². The molecule has 134 valence electrons. The van der Waals surface area contributed by atoms with Crippen molar-refractivity contribution in [3.8, 4) is 0 Å². The van der Waals surface area contributed by atoms with Gasteiger partial charge in [-0.3, -0.25) is 9.59 Å². The van der Waals surface area contributed by atoms with Gasteiger partial charge in [0.25, 0.3) is 0 Å². The van der Waals surface area contributed by atoms with Gasteiger partial charge >= 0.3 is 0 Å². The fourth-order valence-electron chi connectivity index (χ4n) is 2.58. The zero-order chi connectivity index (χ0) is 18.4. The molecule has 0 atom stereocenters. The summed E-state index contributed by atoms with van der Waals surface area (Å²) in [6.07, 6.45) is 3.18. The van der Waals surface area contributed by atoms with Crippen molar-refractivity contribution in [2.75, 3.05) is 5.32 Å². The molecule has 1 aromatic heterocycles. The third-order valence-electron chi connectivity index (χ3n) is 4.38. The zero-order valence-electron chi connectivity index (χ0n) is 15.3. The highest BCUT2D eigenvalue weighted by molar-refractivity contribution is 6.10. The van der Waals surface area contributed by atoms with E-state index in [0.29, 0.717) is 5.76 Å². The van der Waals surface area contributed by atoms with Gasteiger partial charge in [-0.2, -0.15) is 0 Å². The molecule has 0 fully saturated rings. The van der Waals surface area contributed by atoms with E-state index in [-0.39, 0.29) is 18.4 Å². The predicted octanol–water partition coefficient (Wildman–Crippen LogP) is 3.69. The van der Waals surface area contributed by atoms with Gasteiger partial charge in [-0.25, -0.2) is 0 Å². The van der Waals surface area contributed by atoms with Gasteiger partial charge in [-0.1, -0.05) is 32.0 Å². The molecule has 2 N–H and O–H groups in total. The molecule has 25 heavy (non-hydrogen) atoms. The molecule has 0 aliphatic carbocycles. The third-order valence-corrected chi connectivity index (χ3v) is 4.38. The number of hydrogen-bond acceptors (Lipinski definition) is 3. The number of anilines is 1. The quantitative estimate of drug-likeness (QED) is 0.754. The van der Waals surface area contributed by atoms with Gasteiger partial charge in [0.15, 0.2) is 0 Å². The molecule has 1 aromatic carbocycles. The Hall–Kier alpha value is -2.56. The number of benzene rings is 1. The highest BCUT2D eigenvalue weighted by Crippen LogP contribution is 2.26. The zero-order valence-corrected chi connectivity index (χ0v) is 15.3. The Labute approximate surface area is 148 Å². The summed E-state index contributed by atoms with van der Waals surface area (Å²) in [6.45, 7) is 7.60. The summed E-state index contributed by atoms with van der Waals surface area (Å²) in [4.78, 5) is 25.3. The number of rotatable bonds is 7. The van der Waals surface area contributed by atoms with Gasteiger partial charge in [0.1, 0.15) is 11.2 Å². The van der Waals surface area contributed by atoms with Crippen molar-refractivity contribution >= 4 is 17.5 Å². The topological polar surface area (TPSA) is 71.3 Å². The van der Waals surface area contributed by atoms with E-state index in [2.05, 4.69) is 10.6 Å². The van der Waals surface area contributed by atoms with Crippen LogP contribution in [0.1, 0.15) is 44.6 Å². The molecule has 0 unspecified atom stereocenters. The van der Waals surface area contributed by atoms with Crippen LogP contribution in [-0.2, 0) is 29.0 Å². The maximum absolute atomic E-state index is 12.8. The van der Waals surface area contributed by atoms with E-state index in [1.54, 1.807) is 32.2 Å². The second kappa shape index (κ2) is 8.01. The first-order valence-corrected chi connectivity index (χ1v) is 8.63. The first kappa shape index (κ1) is 18.8. The van der Waals surface area contributed by atoms with Crippen molar-refractivity contribution in [3.63, 3.8) is 0 Å². The van der Waals surface area contributed by atoms with E-state index in [0.717, 1.165) is 29.7 Å². The van der Waals surface area contributed by atoms with Crippen LogP contribution >= 0.6 is 0 Å². The second-order valence-corrected chi connectivity index (χ2v) is 6.50. The summed E-state index contributed by atoms with van der Waals surface area (Å²) in [5, 5.41) is 5.73. The number of para-hydroxylation sites is 1. The van der Waals surface area contributed by atoms with Gasteiger partial charge in [0, 0.05) is 5.69 Å². The third kappa shape index (κ3) is 4.29. The maximum Gasteiger partial charge on any atom is 0.239 e. The molecule has 0 saturated carbocycles. The minimum Gasteiger partial charge on any atom is -0.467 e. The van der Waals surface area contributed by atoms with E-state index in [9.17, 15) is 9.59 Å². The predicted molar refractivity (Wildman–Crippen MR) is 98.2 cm³/mol. The number of carbonyl (C=O) groups excluding carboxylic acids is 2. The Kier molecular flexibility index (Phi) is 6.02. The molecule has 0 bridgehead atoms. The molecule has 5 heteroatoms. The van der Waals surface area contributed by atoms with E-state index >= 15 is 0 Å². The molecular weight excluding hydrogens is 316 g/mol. The molecule has 5 nitrogen and oxygen atoms in total. The summed E-state index contributed by atoms with van der Waals surface area (Å²) in [5.41, 5.74) is 1.77.